The van der Waals surface area contributed by atoms with Crippen LogP contribution in [0.2, 0.25) is 0 Å². The van der Waals surface area contributed by atoms with Crippen LogP contribution in [-0.2, 0) is 10.0 Å². The average molecular weight is 270 g/mol. The van der Waals surface area contributed by atoms with Gasteiger partial charge in [0.1, 0.15) is 5.82 Å². The first kappa shape index (κ1) is 13.0. The highest BCUT2D eigenvalue weighted by atomic mass is 32.2. The first-order valence-electron chi connectivity index (χ1n) is 5.63. The highest BCUT2D eigenvalue weighted by Crippen LogP contribution is 2.22. The maximum atomic E-state index is 13.2. The molecule has 18 heavy (non-hydrogen) atoms. The lowest BCUT2D eigenvalue weighted by Gasteiger charge is -2.14. The van der Waals surface area contributed by atoms with Gasteiger partial charge in [0.05, 0.1) is 10.6 Å². The summed E-state index contributed by atoms with van der Waals surface area (Å²) in [4.78, 5) is 0.0355. The molecule has 98 valence electrons. The molecule has 1 aromatic rings. The molecule has 4 nitrogen and oxygen atoms in total. The van der Waals surface area contributed by atoms with Crippen molar-refractivity contribution in [2.75, 3.05) is 5.73 Å². The second-order valence-electron chi connectivity index (χ2n) is 4.40. The molecule has 0 saturated carbocycles. The summed E-state index contributed by atoms with van der Waals surface area (Å²) in [6, 6.07) is 2.17. The van der Waals surface area contributed by atoms with Gasteiger partial charge in [0.25, 0.3) is 0 Å². The summed E-state index contributed by atoms with van der Waals surface area (Å²) in [5.74, 6) is -0.603. The Morgan fingerprint density at radius 3 is 2.56 bits per heavy atom. The van der Waals surface area contributed by atoms with Crippen molar-refractivity contribution in [1.29, 1.82) is 0 Å². The number of hydrogen-bond acceptors (Lipinski definition) is 3. The van der Waals surface area contributed by atoms with Crippen LogP contribution in [0.3, 0.4) is 0 Å². The molecule has 0 bridgehead atoms. The van der Waals surface area contributed by atoms with Gasteiger partial charge in [0.15, 0.2) is 0 Å². The second kappa shape index (κ2) is 4.70. The molecule has 0 heterocycles. The van der Waals surface area contributed by atoms with Crippen molar-refractivity contribution >= 4 is 15.7 Å². The molecule has 1 aromatic carbocycles. The van der Waals surface area contributed by atoms with Gasteiger partial charge in [-0.3, -0.25) is 0 Å². The van der Waals surface area contributed by atoms with Crippen molar-refractivity contribution in [1.82, 2.24) is 4.72 Å². The summed E-state index contributed by atoms with van der Waals surface area (Å²) < 4.78 is 40.1. The van der Waals surface area contributed by atoms with Gasteiger partial charge in [-0.05, 0) is 37.5 Å². The van der Waals surface area contributed by atoms with Gasteiger partial charge in [0, 0.05) is 6.04 Å². The lowest BCUT2D eigenvalue weighted by atomic mass is 10.2. The lowest BCUT2D eigenvalue weighted by molar-refractivity contribution is 0.556. The number of anilines is 1. The van der Waals surface area contributed by atoms with Gasteiger partial charge in [-0.2, -0.15) is 0 Å². The van der Waals surface area contributed by atoms with Gasteiger partial charge in [-0.1, -0.05) is 12.2 Å². The molecule has 0 unspecified atom stereocenters. The Kier molecular flexibility index (Phi) is 3.41. The summed E-state index contributed by atoms with van der Waals surface area (Å²) in [6.07, 6.45) is 5.21. The van der Waals surface area contributed by atoms with Gasteiger partial charge in [0.2, 0.25) is 10.0 Å². The van der Waals surface area contributed by atoms with E-state index in [4.69, 9.17) is 5.73 Å². The number of nitrogens with two attached hydrogens (primary N) is 1. The summed E-state index contributed by atoms with van der Waals surface area (Å²) in [5, 5.41) is 0. The quantitative estimate of drug-likeness (QED) is 0.649. The number of hydrogen-bond donors (Lipinski definition) is 2. The van der Waals surface area contributed by atoms with Crippen molar-refractivity contribution < 1.29 is 12.8 Å². The van der Waals surface area contributed by atoms with Crippen LogP contribution in [0.4, 0.5) is 10.1 Å². The first-order chi connectivity index (χ1) is 8.40. The molecule has 0 spiro atoms. The van der Waals surface area contributed by atoms with Gasteiger partial charge >= 0.3 is 0 Å². The zero-order valence-electron chi connectivity index (χ0n) is 9.98. The third-order valence-electron chi connectivity index (χ3n) is 2.91. The fourth-order valence-corrected chi connectivity index (χ4v) is 3.48. The van der Waals surface area contributed by atoms with Crippen molar-refractivity contribution in [3.63, 3.8) is 0 Å². The topological polar surface area (TPSA) is 72.2 Å². The highest BCUT2D eigenvalue weighted by molar-refractivity contribution is 7.89. The van der Waals surface area contributed by atoms with E-state index in [9.17, 15) is 12.8 Å². The van der Waals surface area contributed by atoms with Crippen LogP contribution in [0.5, 0.6) is 0 Å². The van der Waals surface area contributed by atoms with Crippen LogP contribution >= 0.6 is 0 Å². The van der Waals surface area contributed by atoms with E-state index in [1.807, 2.05) is 12.2 Å². The zero-order chi connectivity index (χ0) is 13.3. The Hall–Kier alpha value is -1.40. The van der Waals surface area contributed by atoms with Crippen LogP contribution in [0.15, 0.2) is 29.2 Å². The minimum Gasteiger partial charge on any atom is -0.396 e. The Bertz CT molecular complexity index is 588. The fourth-order valence-electron chi connectivity index (χ4n) is 1.95. The minimum atomic E-state index is -3.65. The summed E-state index contributed by atoms with van der Waals surface area (Å²) in [7, 11) is -3.65. The number of halogens is 1. The van der Waals surface area contributed by atoms with Crippen LogP contribution < -0.4 is 10.5 Å². The average Bonchev–Trinajstić information content (AvgIpc) is 2.75. The molecule has 0 saturated heterocycles. The second-order valence-corrected chi connectivity index (χ2v) is 6.08. The maximum Gasteiger partial charge on any atom is 0.241 e. The van der Waals surface area contributed by atoms with Crippen LogP contribution in [0.25, 0.3) is 0 Å². The predicted octanol–water partition coefficient (Wildman–Crippen LogP) is 1.71. The van der Waals surface area contributed by atoms with Crippen molar-refractivity contribution in [3.8, 4) is 0 Å². The van der Waals surface area contributed by atoms with Crippen molar-refractivity contribution in [2.45, 2.75) is 30.7 Å². The predicted molar refractivity (Wildman–Crippen MR) is 68.0 cm³/mol. The zero-order valence-corrected chi connectivity index (χ0v) is 10.8. The number of benzene rings is 1. The van der Waals surface area contributed by atoms with Crippen molar-refractivity contribution in [3.05, 3.63) is 35.7 Å². The fraction of sp³-hybridized carbons (Fsp3) is 0.333. The smallest absolute Gasteiger partial charge is 0.241 e. The molecule has 0 aromatic heterocycles. The van der Waals surface area contributed by atoms with Gasteiger partial charge in [-0.25, -0.2) is 17.5 Å². The molecule has 0 radical (unpaired) electrons. The monoisotopic (exact) mass is 270 g/mol. The van der Waals surface area contributed by atoms with Crippen LogP contribution in [-0.4, -0.2) is 14.5 Å². The molecule has 0 aliphatic heterocycles. The van der Waals surface area contributed by atoms with Crippen molar-refractivity contribution in [2.24, 2.45) is 0 Å². The van der Waals surface area contributed by atoms with E-state index < -0.39 is 15.8 Å². The minimum absolute atomic E-state index is 0.0355. The molecule has 0 amide bonds. The third-order valence-corrected chi connectivity index (χ3v) is 4.58. The Morgan fingerprint density at radius 1 is 1.33 bits per heavy atom. The molecule has 1 aliphatic carbocycles. The summed E-state index contributed by atoms with van der Waals surface area (Å²) in [5.41, 5.74) is 5.60. The standard InChI is InChI=1S/C12H15FN2O2S/c1-8-6-10(13)11(14)7-12(8)18(16,17)15-9-4-2-3-5-9/h2-3,6-7,9,15H,4-5,14H2,1H3. The van der Waals surface area contributed by atoms with E-state index in [2.05, 4.69) is 4.72 Å². The van der Waals surface area contributed by atoms with Crippen LogP contribution in [0, 0.1) is 12.7 Å². The van der Waals surface area contributed by atoms with E-state index in [1.165, 1.54) is 0 Å². The molecule has 6 heteroatoms. The largest absolute Gasteiger partial charge is 0.396 e. The molecule has 1 aliphatic rings. The Balaban J connectivity index is 2.32. The molecule has 2 rings (SSSR count). The van der Waals surface area contributed by atoms with Crippen LogP contribution in [0.1, 0.15) is 18.4 Å². The number of aryl methyl sites for hydroxylation is 1. The molecular weight excluding hydrogens is 255 g/mol. The van der Waals surface area contributed by atoms with E-state index in [1.54, 1.807) is 6.92 Å². The SMILES string of the molecule is Cc1cc(F)c(N)cc1S(=O)(=O)NC1CC=CC1. The number of nitrogen functional groups attached to an aromatic ring is 1. The van der Waals surface area contributed by atoms with E-state index in [-0.39, 0.29) is 16.6 Å². The number of sulfonamides is 1. The maximum absolute atomic E-state index is 13.2. The first-order valence-corrected chi connectivity index (χ1v) is 7.11. The Morgan fingerprint density at radius 2 is 1.94 bits per heavy atom. The highest BCUT2D eigenvalue weighted by Gasteiger charge is 2.23. The normalized spacial score (nSPS) is 16.3. The van der Waals surface area contributed by atoms with E-state index in [0.717, 1.165) is 12.1 Å². The lowest BCUT2D eigenvalue weighted by Crippen LogP contribution is -2.33. The Labute approximate surface area is 106 Å². The van der Waals surface area contributed by atoms with E-state index in [0.29, 0.717) is 18.4 Å². The summed E-state index contributed by atoms with van der Waals surface area (Å²) >= 11 is 0. The van der Waals surface area contributed by atoms with E-state index >= 15 is 0 Å². The van der Waals surface area contributed by atoms with Gasteiger partial charge in [-0.15, -0.1) is 0 Å². The molecule has 3 N–H and O–H groups in total. The third kappa shape index (κ3) is 2.54. The van der Waals surface area contributed by atoms with Gasteiger partial charge < -0.3 is 5.73 Å². The molecule has 0 fully saturated rings. The molecule has 0 atom stereocenters. The number of rotatable bonds is 3. The molecular formula is C12H15FN2O2S. The number of nitrogens with one attached hydrogen (secondary N) is 1. The summed E-state index contributed by atoms with van der Waals surface area (Å²) in [6.45, 7) is 1.55.